The second-order valence-corrected chi connectivity index (χ2v) is 4.19. The van der Waals surface area contributed by atoms with Crippen molar-refractivity contribution >= 4 is 29.5 Å². The topological polar surface area (TPSA) is 83.3 Å². The van der Waals surface area contributed by atoms with Gasteiger partial charge in [0.1, 0.15) is 18.1 Å². The number of anilines is 1. The Balaban J connectivity index is 2.21. The number of amides is 1. The first-order valence-electron chi connectivity index (χ1n) is 5.33. The highest BCUT2D eigenvalue weighted by molar-refractivity contribution is 7.71. The van der Waals surface area contributed by atoms with Gasteiger partial charge >= 0.3 is 0 Å². The van der Waals surface area contributed by atoms with E-state index in [1.165, 1.54) is 18.2 Å². The molecule has 0 saturated heterocycles. The van der Waals surface area contributed by atoms with Crippen LogP contribution in [0.5, 0.6) is 0 Å². The summed E-state index contributed by atoms with van der Waals surface area (Å²) in [5, 5.41) is 8.94. The summed E-state index contributed by atoms with van der Waals surface area (Å²) in [5.74, 6) is -0.623. The molecule has 0 fully saturated rings. The summed E-state index contributed by atoms with van der Waals surface area (Å²) in [6.45, 7) is -0.0965. The van der Waals surface area contributed by atoms with E-state index in [-0.39, 0.29) is 28.9 Å². The fraction of sp³-hybridized carbons (Fsp3) is 0.0909. The van der Waals surface area contributed by atoms with Crippen LogP contribution in [0.4, 0.5) is 10.1 Å². The number of hydrogen-bond donors (Lipinski definition) is 2. The fourth-order valence-electron chi connectivity index (χ4n) is 1.76. The Bertz CT molecular complexity index is 749. The maximum atomic E-state index is 13.4. The first kappa shape index (κ1) is 11.7. The molecule has 8 heteroatoms. The van der Waals surface area contributed by atoms with Crippen molar-refractivity contribution in [2.75, 3.05) is 11.9 Å². The summed E-state index contributed by atoms with van der Waals surface area (Å²) < 4.78 is 18.5. The number of halogens is 1. The van der Waals surface area contributed by atoms with Crippen molar-refractivity contribution in [3.8, 4) is 0 Å². The SMILES string of the molecule is O=C1CN=C(c2n[nH]c(=S)o2)c2cc(F)ccc2N1. The van der Waals surface area contributed by atoms with Crippen molar-refractivity contribution in [3.63, 3.8) is 0 Å². The van der Waals surface area contributed by atoms with Gasteiger partial charge in [0.25, 0.3) is 10.7 Å². The van der Waals surface area contributed by atoms with E-state index >= 15 is 0 Å². The van der Waals surface area contributed by atoms with E-state index in [2.05, 4.69) is 20.5 Å². The van der Waals surface area contributed by atoms with Gasteiger partial charge in [-0.15, -0.1) is 5.10 Å². The Morgan fingerprint density at radius 1 is 1.42 bits per heavy atom. The maximum Gasteiger partial charge on any atom is 0.284 e. The van der Waals surface area contributed by atoms with Crippen LogP contribution < -0.4 is 5.32 Å². The minimum Gasteiger partial charge on any atom is -0.408 e. The number of benzene rings is 1. The van der Waals surface area contributed by atoms with E-state index < -0.39 is 5.82 Å². The van der Waals surface area contributed by atoms with E-state index in [9.17, 15) is 9.18 Å². The van der Waals surface area contributed by atoms with Crippen LogP contribution in [-0.2, 0) is 4.79 Å². The van der Waals surface area contributed by atoms with Gasteiger partial charge in [0, 0.05) is 5.56 Å². The Kier molecular flexibility index (Phi) is 2.71. The zero-order chi connectivity index (χ0) is 13.4. The Morgan fingerprint density at radius 2 is 2.26 bits per heavy atom. The van der Waals surface area contributed by atoms with E-state index in [1.54, 1.807) is 0 Å². The summed E-state index contributed by atoms with van der Waals surface area (Å²) in [6.07, 6.45) is 0. The van der Waals surface area contributed by atoms with Crippen LogP contribution in [0.1, 0.15) is 11.5 Å². The van der Waals surface area contributed by atoms with Gasteiger partial charge in [0.2, 0.25) is 5.91 Å². The van der Waals surface area contributed by atoms with Gasteiger partial charge in [-0.05, 0) is 30.4 Å². The molecule has 0 saturated carbocycles. The number of aromatic nitrogens is 2. The molecule has 96 valence electrons. The summed E-state index contributed by atoms with van der Waals surface area (Å²) >= 11 is 4.79. The number of rotatable bonds is 1. The van der Waals surface area contributed by atoms with Crippen LogP contribution in [0.2, 0.25) is 0 Å². The number of hydrogen-bond acceptors (Lipinski definition) is 5. The standard InChI is InChI=1S/C11H7FN4O2S/c12-5-1-2-7-6(3-5)9(13-4-8(17)14-7)10-15-16-11(19)18-10/h1-3H,4H2,(H,14,17)(H,16,19). The third-order valence-electron chi connectivity index (χ3n) is 2.53. The largest absolute Gasteiger partial charge is 0.408 e. The minimum atomic E-state index is -0.447. The number of aromatic amines is 1. The lowest BCUT2D eigenvalue weighted by atomic mass is 10.1. The molecule has 3 rings (SSSR count). The fourth-order valence-corrected chi connectivity index (χ4v) is 1.89. The zero-order valence-corrected chi connectivity index (χ0v) is 10.3. The lowest BCUT2D eigenvalue weighted by Crippen LogP contribution is -2.13. The number of aliphatic imine (C=N–C) groups is 1. The van der Waals surface area contributed by atoms with E-state index in [0.29, 0.717) is 11.3 Å². The number of fused-ring (bicyclic) bond motifs is 1. The third kappa shape index (κ3) is 2.17. The highest BCUT2D eigenvalue weighted by Crippen LogP contribution is 2.22. The highest BCUT2D eigenvalue weighted by Gasteiger charge is 2.21. The molecule has 0 spiro atoms. The molecule has 2 N–H and O–H groups in total. The van der Waals surface area contributed by atoms with Crippen molar-refractivity contribution in [3.05, 3.63) is 40.3 Å². The Hall–Kier alpha value is -2.35. The van der Waals surface area contributed by atoms with Gasteiger partial charge < -0.3 is 9.73 Å². The summed E-state index contributed by atoms with van der Waals surface area (Å²) in [6, 6.07) is 3.97. The monoisotopic (exact) mass is 278 g/mol. The number of benzodiazepines with no additional fused rings is 1. The molecule has 1 aliphatic heterocycles. The molecular formula is C11H7FN4O2S. The molecule has 1 aromatic heterocycles. The van der Waals surface area contributed by atoms with Gasteiger partial charge in [-0.1, -0.05) is 0 Å². The molecule has 0 radical (unpaired) electrons. The van der Waals surface area contributed by atoms with Crippen molar-refractivity contribution in [2.45, 2.75) is 0 Å². The Morgan fingerprint density at radius 3 is 3.00 bits per heavy atom. The Labute approximate surface area is 111 Å². The molecule has 0 atom stereocenters. The minimum absolute atomic E-state index is 0.0826. The van der Waals surface area contributed by atoms with E-state index in [4.69, 9.17) is 16.6 Å². The van der Waals surface area contributed by atoms with Gasteiger partial charge in [-0.2, -0.15) is 0 Å². The molecule has 2 aromatic rings. The van der Waals surface area contributed by atoms with Crippen molar-refractivity contribution in [1.29, 1.82) is 0 Å². The smallest absolute Gasteiger partial charge is 0.284 e. The molecule has 0 aliphatic carbocycles. The number of nitrogens with one attached hydrogen (secondary N) is 2. The van der Waals surface area contributed by atoms with Gasteiger partial charge in [0.05, 0.1) is 5.69 Å². The molecule has 0 bridgehead atoms. The van der Waals surface area contributed by atoms with E-state index in [1.807, 2.05) is 0 Å². The number of nitrogens with zero attached hydrogens (tertiary/aromatic N) is 2. The highest BCUT2D eigenvalue weighted by atomic mass is 32.1. The van der Waals surface area contributed by atoms with E-state index in [0.717, 1.165) is 0 Å². The summed E-state index contributed by atoms with van der Waals surface area (Å²) in [4.78, 5) is 15.7. The van der Waals surface area contributed by atoms with Crippen molar-refractivity contribution < 1.29 is 13.6 Å². The van der Waals surface area contributed by atoms with Gasteiger partial charge in [-0.25, -0.2) is 9.49 Å². The van der Waals surface area contributed by atoms with Gasteiger partial charge in [0.15, 0.2) is 0 Å². The summed E-state index contributed by atoms with van der Waals surface area (Å²) in [5.41, 5.74) is 1.13. The molecular weight excluding hydrogens is 271 g/mol. The molecule has 0 unspecified atom stereocenters. The third-order valence-corrected chi connectivity index (χ3v) is 2.71. The molecule has 1 aliphatic rings. The van der Waals surface area contributed by atoms with Crippen LogP contribution in [0, 0.1) is 10.7 Å². The van der Waals surface area contributed by atoms with Crippen molar-refractivity contribution in [1.82, 2.24) is 10.2 Å². The van der Waals surface area contributed by atoms with Crippen LogP contribution in [0.3, 0.4) is 0 Å². The first-order chi connectivity index (χ1) is 9.13. The van der Waals surface area contributed by atoms with Crippen LogP contribution in [0.25, 0.3) is 0 Å². The lowest BCUT2D eigenvalue weighted by Gasteiger charge is -2.06. The predicted octanol–water partition coefficient (Wildman–Crippen LogP) is 1.66. The summed E-state index contributed by atoms with van der Waals surface area (Å²) in [7, 11) is 0. The second kappa shape index (κ2) is 4.39. The average molecular weight is 278 g/mol. The lowest BCUT2D eigenvalue weighted by molar-refractivity contribution is -0.114. The van der Waals surface area contributed by atoms with Crippen LogP contribution >= 0.6 is 12.2 Å². The number of carbonyl (C=O) groups excluding carboxylic acids is 1. The maximum absolute atomic E-state index is 13.4. The average Bonchev–Trinajstić information content (AvgIpc) is 2.72. The molecule has 1 aromatic carbocycles. The molecule has 6 nitrogen and oxygen atoms in total. The van der Waals surface area contributed by atoms with Crippen molar-refractivity contribution in [2.24, 2.45) is 4.99 Å². The van der Waals surface area contributed by atoms with Crippen LogP contribution in [-0.4, -0.2) is 28.4 Å². The molecule has 19 heavy (non-hydrogen) atoms. The zero-order valence-electron chi connectivity index (χ0n) is 9.44. The first-order valence-corrected chi connectivity index (χ1v) is 5.74. The van der Waals surface area contributed by atoms with Crippen LogP contribution in [0.15, 0.2) is 27.6 Å². The quantitative estimate of drug-likeness (QED) is 0.777. The predicted molar refractivity (Wildman–Crippen MR) is 67.2 cm³/mol. The normalized spacial score (nSPS) is 14.4. The number of carbonyl (C=O) groups is 1. The molecule has 2 heterocycles. The molecule has 1 amide bonds. The second-order valence-electron chi connectivity index (χ2n) is 3.82. The van der Waals surface area contributed by atoms with Gasteiger partial charge in [-0.3, -0.25) is 9.79 Å². The number of H-pyrrole nitrogens is 1.